The number of alkyl halides is 1. The maximum absolute atomic E-state index is 11.9. The minimum Gasteiger partial charge on any atom is -0.479 e. The first-order chi connectivity index (χ1) is 8.68. The number of hydrogen-bond acceptors (Lipinski definition) is 4. The van der Waals surface area contributed by atoms with Gasteiger partial charge in [-0.1, -0.05) is 41.9 Å². The van der Waals surface area contributed by atoms with Gasteiger partial charge in [-0.05, 0) is 18.9 Å². The second kappa shape index (κ2) is 5.90. The van der Waals surface area contributed by atoms with E-state index in [1.54, 1.807) is 24.3 Å². The van der Waals surface area contributed by atoms with Gasteiger partial charge in [-0.2, -0.15) is 0 Å². The molecule has 2 atom stereocenters. The second-order valence-corrected chi connectivity index (χ2v) is 7.78. The van der Waals surface area contributed by atoms with Crippen LogP contribution in [0.15, 0.2) is 30.3 Å². The minimum atomic E-state index is -3.98. The molecule has 0 saturated heterocycles. The average Bonchev–Trinajstić information content (AvgIpc) is 2.36. The van der Waals surface area contributed by atoms with Crippen molar-refractivity contribution in [2.75, 3.05) is 5.75 Å². The zero-order valence-corrected chi connectivity index (χ0v) is 12.0. The molecule has 19 heavy (non-hydrogen) atoms. The summed E-state index contributed by atoms with van der Waals surface area (Å²) in [6.45, 7) is 0.959. The van der Waals surface area contributed by atoms with E-state index in [-0.39, 0.29) is 12.2 Å². The van der Waals surface area contributed by atoms with Crippen molar-refractivity contribution in [2.45, 2.75) is 23.6 Å². The van der Waals surface area contributed by atoms with Gasteiger partial charge in [-0.25, -0.2) is 13.2 Å². The number of nitrogens with two attached hydrogens (primary N) is 1. The predicted molar refractivity (Wildman–Crippen MR) is 73.7 cm³/mol. The van der Waals surface area contributed by atoms with Gasteiger partial charge >= 0.3 is 5.97 Å². The van der Waals surface area contributed by atoms with E-state index >= 15 is 0 Å². The van der Waals surface area contributed by atoms with Crippen LogP contribution < -0.4 is 5.73 Å². The molecular formula is C12H16ClNO4S. The third kappa shape index (κ3) is 3.68. The van der Waals surface area contributed by atoms with E-state index in [0.29, 0.717) is 0 Å². The van der Waals surface area contributed by atoms with Crippen molar-refractivity contribution < 1.29 is 18.3 Å². The van der Waals surface area contributed by atoms with E-state index in [1.165, 1.54) is 0 Å². The van der Waals surface area contributed by atoms with Crippen LogP contribution in [0.3, 0.4) is 0 Å². The Bertz CT molecular complexity index is 542. The van der Waals surface area contributed by atoms with Gasteiger partial charge in [0.25, 0.3) is 0 Å². The maximum atomic E-state index is 11.9. The quantitative estimate of drug-likeness (QED) is 0.777. The zero-order valence-electron chi connectivity index (χ0n) is 10.4. The van der Waals surface area contributed by atoms with Crippen molar-refractivity contribution in [3.05, 3.63) is 35.9 Å². The first-order valence-electron chi connectivity index (χ1n) is 5.63. The van der Waals surface area contributed by atoms with Gasteiger partial charge in [-0.3, -0.25) is 0 Å². The highest BCUT2D eigenvalue weighted by molar-refractivity contribution is 7.94. The standard InChI is InChI=1S/C12H16ClNO4S/c1-12(13,11(15)16)19(17,18)8-7-10(14)9-5-3-2-4-6-9/h2-6,10H,7-8,14H2,1H3,(H,15,16). The predicted octanol–water partition coefficient (Wildman–Crippen LogP) is 1.53. The summed E-state index contributed by atoms with van der Waals surface area (Å²) in [5, 5.41) is 8.82. The SMILES string of the molecule is CC(Cl)(C(=O)O)S(=O)(=O)CCC(N)c1ccccc1. The van der Waals surface area contributed by atoms with Gasteiger partial charge in [0.15, 0.2) is 9.84 Å². The van der Waals surface area contributed by atoms with E-state index in [9.17, 15) is 13.2 Å². The summed E-state index contributed by atoms with van der Waals surface area (Å²) in [5.74, 6) is -1.96. The number of aliphatic carboxylic acids is 1. The lowest BCUT2D eigenvalue weighted by molar-refractivity contribution is -0.137. The Morgan fingerprint density at radius 2 is 1.95 bits per heavy atom. The molecule has 0 aliphatic rings. The normalized spacial score (nSPS) is 16.6. The van der Waals surface area contributed by atoms with Crippen molar-refractivity contribution in [1.82, 2.24) is 0 Å². The molecule has 3 N–H and O–H groups in total. The van der Waals surface area contributed by atoms with Gasteiger partial charge in [0.1, 0.15) is 0 Å². The molecule has 1 aromatic rings. The van der Waals surface area contributed by atoms with Gasteiger partial charge in [0.05, 0.1) is 5.75 Å². The van der Waals surface area contributed by atoms with Gasteiger partial charge < -0.3 is 10.8 Å². The number of halogens is 1. The summed E-state index contributed by atoms with van der Waals surface area (Å²) in [4.78, 5) is 10.8. The van der Waals surface area contributed by atoms with E-state index in [2.05, 4.69) is 0 Å². The highest BCUT2D eigenvalue weighted by Crippen LogP contribution is 2.26. The van der Waals surface area contributed by atoms with Gasteiger partial charge in [-0.15, -0.1) is 0 Å². The number of carboxylic acids is 1. The number of benzene rings is 1. The molecule has 106 valence electrons. The fourth-order valence-electron chi connectivity index (χ4n) is 1.47. The molecule has 0 aliphatic heterocycles. The molecule has 0 fully saturated rings. The number of hydrogen-bond donors (Lipinski definition) is 2. The maximum Gasteiger partial charge on any atom is 0.340 e. The van der Waals surface area contributed by atoms with Crippen LogP contribution in [0.1, 0.15) is 24.9 Å². The molecule has 1 rings (SSSR count). The third-order valence-corrected chi connectivity index (χ3v) is 5.87. The molecule has 0 aliphatic carbocycles. The molecule has 0 bridgehead atoms. The van der Waals surface area contributed by atoms with Gasteiger partial charge in [0, 0.05) is 6.04 Å². The molecule has 0 radical (unpaired) electrons. The Hall–Kier alpha value is -1.11. The highest BCUT2D eigenvalue weighted by atomic mass is 35.5. The summed E-state index contributed by atoms with van der Waals surface area (Å²) in [7, 11) is -3.98. The van der Waals surface area contributed by atoms with Crippen molar-refractivity contribution in [2.24, 2.45) is 5.73 Å². The van der Waals surface area contributed by atoms with Crippen molar-refractivity contribution >= 4 is 27.4 Å². The third-order valence-electron chi connectivity index (χ3n) is 2.89. The van der Waals surface area contributed by atoms with E-state index in [0.717, 1.165) is 12.5 Å². The summed E-state index contributed by atoms with van der Waals surface area (Å²) in [6.07, 6.45) is 0.113. The Kier molecular flexibility index (Phi) is 4.95. The largest absolute Gasteiger partial charge is 0.479 e. The van der Waals surface area contributed by atoms with Crippen LogP contribution in [0.2, 0.25) is 0 Å². The van der Waals surface area contributed by atoms with Crippen LogP contribution >= 0.6 is 11.6 Å². The number of carboxylic acid groups (broad SMARTS) is 1. The van der Waals surface area contributed by atoms with E-state index in [4.69, 9.17) is 22.4 Å². The minimum absolute atomic E-state index is 0.113. The van der Waals surface area contributed by atoms with E-state index < -0.39 is 26.1 Å². The fourth-order valence-corrected chi connectivity index (χ4v) is 2.92. The van der Waals surface area contributed by atoms with Crippen LogP contribution in [0.4, 0.5) is 0 Å². The van der Waals surface area contributed by atoms with Crippen LogP contribution in [0, 0.1) is 0 Å². The Morgan fingerprint density at radius 1 is 1.42 bits per heavy atom. The summed E-state index contributed by atoms with van der Waals surface area (Å²) >= 11 is 5.56. The lowest BCUT2D eigenvalue weighted by Crippen LogP contribution is -2.40. The van der Waals surface area contributed by atoms with Crippen molar-refractivity contribution in [1.29, 1.82) is 0 Å². The monoisotopic (exact) mass is 305 g/mol. The van der Waals surface area contributed by atoms with Gasteiger partial charge in [0.2, 0.25) is 4.21 Å². The number of rotatable bonds is 6. The van der Waals surface area contributed by atoms with Crippen LogP contribution in [0.5, 0.6) is 0 Å². The second-order valence-electron chi connectivity index (χ2n) is 4.35. The Balaban J connectivity index is 2.75. The Morgan fingerprint density at radius 3 is 2.42 bits per heavy atom. The van der Waals surface area contributed by atoms with Crippen LogP contribution in [0.25, 0.3) is 0 Å². The number of carbonyl (C=O) groups is 1. The van der Waals surface area contributed by atoms with Crippen molar-refractivity contribution in [3.63, 3.8) is 0 Å². The summed E-state index contributed by atoms with van der Waals surface area (Å²) in [6, 6.07) is 8.52. The van der Waals surface area contributed by atoms with Crippen LogP contribution in [-0.2, 0) is 14.6 Å². The average molecular weight is 306 g/mol. The lowest BCUT2D eigenvalue weighted by atomic mass is 10.1. The molecule has 5 nitrogen and oxygen atoms in total. The molecule has 2 unspecified atom stereocenters. The van der Waals surface area contributed by atoms with E-state index in [1.807, 2.05) is 6.07 Å². The number of sulfone groups is 1. The molecule has 7 heteroatoms. The van der Waals surface area contributed by atoms with Crippen LogP contribution in [-0.4, -0.2) is 29.5 Å². The lowest BCUT2D eigenvalue weighted by Gasteiger charge is -2.19. The smallest absolute Gasteiger partial charge is 0.340 e. The summed E-state index contributed by atoms with van der Waals surface area (Å²) in [5.41, 5.74) is 6.66. The topological polar surface area (TPSA) is 97.5 Å². The molecule has 0 aromatic heterocycles. The molecule has 0 amide bonds. The fraction of sp³-hybridized carbons (Fsp3) is 0.417. The molecular weight excluding hydrogens is 290 g/mol. The first-order valence-corrected chi connectivity index (χ1v) is 7.66. The first kappa shape index (κ1) is 15.9. The molecule has 0 spiro atoms. The molecule has 1 aromatic carbocycles. The zero-order chi connectivity index (χ0) is 14.7. The highest BCUT2D eigenvalue weighted by Gasteiger charge is 2.44. The molecule has 0 saturated carbocycles. The Labute approximate surface area is 117 Å². The molecule has 0 heterocycles. The summed E-state index contributed by atoms with van der Waals surface area (Å²) < 4.78 is 21.4. The van der Waals surface area contributed by atoms with Crippen molar-refractivity contribution in [3.8, 4) is 0 Å².